The second-order valence-electron chi connectivity index (χ2n) is 6.61. The molecule has 8 heteroatoms. The predicted molar refractivity (Wildman–Crippen MR) is 114 cm³/mol. The average molecular weight is 423 g/mol. The van der Waals surface area contributed by atoms with Crippen LogP contribution in [0.25, 0.3) is 26.4 Å². The van der Waals surface area contributed by atoms with Crippen LogP contribution in [0.4, 0.5) is 4.39 Å². The Labute approximate surface area is 173 Å². The molecule has 0 atom stereocenters. The van der Waals surface area contributed by atoms with Crippen LogP contribution in [0.3, 0.4) is 0 Å². The first-order valence-corrected chi connectivity index (χ1v) is 10.6. The molecule has 0 aliphatic carbocycles. The van der Waals surface area contributed by atoms with Crippen LogP contribution in [0.2, 0.25) is 0 Å². The first-order chi connectivity index (χ1) is 14.1. The number of aryl methyl sites for hydroxylation is 1. The van der Waals surface area contributed by atoms with Gasteiger partial charge >= 0.3 is 0 Å². The molecule has 0 radical (unpaired) electrons. The monoisotopic (exact) mass is 422 g/mol. The Hall–Kier alpha value is -3.10. The van der Waals surface area contributed by atoms with Crippen molar-refractivity contribution in [2.45, 2.75) is 13.5 Å². The number of carbonyl (C=O) groups is 1. The van der Waals surface area contributed by atoms with E-state index in [9.17, 15) is 9.18 Å². The predicted octanol–water partition coefficient (Wildman–Crippen LogP) is 5.05. The molecule has 29 heavy (non-hydrogen) atoms. The highest BCUT2D eigenvalue weighted by atomic mass is 32.1. The van der Waals surface area contributed by atoms with Gasteiger partial charge in [0.15, 0.2) is 4.96 Å². The van der Waals surface area contributed by atoms with Gasteiger partial charge in [0.1, 0.15) is 5.82 Å². The molecule has 0 spiro atoms. The van der Waals surface area contributed by atoms with Gasteiger partial charge in [0.25, 0.3) is 5.91 Å². The van der Waals surface area contributed by atoms with Crippen LogP contribution in [-0.4, -0.2) is 20.3 Å². The van der Waals surface area contributed by atoms with Gasteiger partial charge in [0.2, 0.25) is 0 Å². The second kappa shape index (κ2) is 7.06. The lowest BCUT2D eigenvalue weighted by atomic mass is 10.2. The number of rotatable bonds is 4. The summed E-state index contributed by atoms with van der Waals surface area (Å²) in [6, 6.07) is 11.8. The minimum atomic E-state index is -0.265. The van der Waals surface area contributed by atoms with Crippen LogP contribution in [0.5, 0.6) is 0 Å². The molecule has 0 fully saturated rings. The molecule has 0 unspecified atom stereocenters. The summed E-state index contributed by atoms with van der Waals surface area (Å²) in [7, 11) is 0. The molecule has 1 N–H and O–H groups in total. The van der Waals surface area contributed by atoms with Crippen LogP contribution >= 0.6 is 22.7 Å². The van der Waals surface area contributed by atoms with Crippen molar-refractivity contribution in [3.05, 3.63) is 76.1 Å². The SMILES string of the molecule is Cc1c(CNC(=O)c2ccc3ncsc3c2)sc2nc(-c3ccc(F)cc3)cn12. The number of carbonyl (C=O) groups excluding carboxylic acids is 1. The Morgan fingerprint density at radius 3 is 2.83 bits per heavy atom. The lowest BCUT2D eigenvalue weighted by Crippen LogP contribution is -2.22. The zero-order chi connectivity index (χ0) is 20.0. The molecule has 0 aliphatic heterocycles. The lowest BCUT2D eigenvalue weighted by molar-refractivity contribution is 0.0951. The zero-order valence-corrected chi connectivity index (χ0v) is 17.0. The number of aromatic nitrogens is 3. The van der Waals surface area contributed by atoms with Gasteiger partial charge in [-0.3, -0.25) is 9.20 Å². The number of fused-ring (bicyclic) bond motifs is 2. The summed E-state index contributed by atoms with van der Waals surface area (Å²) < 4.78 is 16.1. The molecule has 3 aromatic heterocycles. The molecule has 5 aromatic rings. The molecule has 5 nitrogen and oxygen atoms in total. The molecule has 0 saturated carbocycles. The lowest BCUT2D eigenvalue weighted by Gasteiger charge is -2.05. The van der Waals surface area contributed by atoms with Crippen molar-refractivity contribution < 1.29 is 9.18 Å². The Balaban J connectivity index is 1.35. The normalized spacial score (nSPS) is 11.4. The van der Waals surface area contributed by atoms with Gasteiger partial charge in [0.05, 0.1) is 28.0 Å². The standard InChI is InChI=1S/C21H15FN4OS2/c1-12-19(9-23-20(27)14-4-7-16-18(8-14)28-11-24-16)29-21-25-17(10-26(12)21)13-2-5-15(22)6-3-13/h2-8,10-11H,9H2,1H3,(H,23,27). The number of benzene rings is 2. The molecule has 1 amide bonds. The van der Waals surface area contributed by atoms with Crippen molar-refractivity contribution >= 4 is 43.8 Å². The Morgan fingerprint density at radius 2 is 2.03 bits per heavy atom. The maximum Gasteiger partial charge on any atom is 0.251 e. The molecule has 2 aromatic carbocycles. The molecular weight excluding hydrogens is 407 g/mol. The summed E-state index contributed by atoms with van der Waals surface area (Å²) in [5.74, 6) is -0.379. The molecular formula is C21H15FN4OS2. The second-order valence-corrected chi connectivity index (χ2v) is 8.56. The van der Waals surface area contributed by atoms with E-state index in [2.05, 4.69) is 15.3 Å². The molecule has 0 aliphatic rings. The minimum absolute atomic E-state index is 0.113. The van der Waals surface area contributed by atoms with Crippen LogP contribution in [-0.2, 0) is 6.54 Å². The molecule has 5 rings (SSSR count). The summed E-state index contributed by atoms with van der Waals surface area (Å²) >= 11 is 3.06. The topological polar surface area (TPSA) is 59.3 Å². The third-order valence-electron chi connectivity index (χ3n) is 4.80. The van der Waals surface area contributed by atoms with E-state index in [-0.39, 0.29) is 11.7 Å². The quantitative estimate of drug-likeness (QED) is 0.441. The van der Waals surface area contributed by atoms with E-state index >= 15 is 0 Å². The van der Waals surface area contributed by atoms with Crippen molar-refractivity contribution in [1.82, 2.24) is 19.7 Å². The van der Waals surface area contributed by atoms with E-state index in [1.807, 2.05) is 29.7 Å². The van der Waals surface area contributed by atoms with Gasteiger partial charge in [-0.25, -0.2) is 14.4 Å². The largest absolute Gasteiger partial charge is 0.347 e. The van der Waals surface area contributed by atoms with Crippen molar-refractivity contribution in [3.8, 4) is 11.3 Å². The van der Waals surface area contributed by atoms with E-state index in [0.717, 1.165) is 37.0 Å². The Kier molecular flexibility index (Phi) is 4.37. The van der Waals surface area contributed by atoms with Crippen LogP contribution in [0, 0.1) is 12.7 Å². The fourth-order valence-electron chi connectivity index (χ4n) is 3.18. The summed E-state index contributed by atoms with van der Waals surface area (Å²) in [4.78, 5) is 23.3. The Bertz CT molecular complexity index is 1350. The number of halogens is 1. The number of amides is 1. The van der Waals surface area contributed by atoms with E-state index in [0.29, 0.717) is 12.1 Å². The van der Waals surface area contributed by atoms with Gasteiger partial charge in [-0.05, 0) is 49.4 Å². The highest BCUT2D eigenvalue weighted by Gasteiger charge is 2.14. The summed E-state index contributed by atoms with van der Waals surface area (Å²) in [6.07, 6.45) is 1.94. The molecule has 0 saturated heterocycles. The maximum atomic E-state index is 13.1. The first kappa shape index (κ1) is 18.0. The van der Waals surface area contributed by atoms with Crippen LogP contribution in [0.15, 0.2) is 54.2 Å². The van der Waals surface area contributed by atoms with E-state index in [1.54, 1.807) is 23.7 Å². The zero-order valence-electron chi connectivity index (χ0n) is 15.3. The molecule has 3 heterocycles. The van der Waals surface area contributed by atoms with Crippen molar-refractivity contribution in [2.24, 2.45) is 0 Å². The molecule has 0 bridgehead atoms. The highest BCUT2D eigenvalue weighted by Crippen LogP contribution is 2.27. The average Bonchev–Trinajstić information content (AvgIpc) is 3.42. The highest BCUT2D eigenvalue weighted by molar-refractivity contribution is 7.17. The number of thiazole rings is 2. The van der Waals surface area contributed by atoms with Crippen molar-refractivity contribution in [2.75, 3.05) is 0 Å². The van der Waals surface area contributed by atoms with Crippen molar-refractivity contribution in [1.29, 1.82) is 0 Å². The number of nitrogens with one attached hydrogen (secondary N) is 1. The van der Waals surface area contributed by atoms with E-state index < -0.39 is 0 Å². The first-order valence-electron chi connectivity index (χ1n) is 8.93. The third-order valence-corrected chi connectivity index (χ3v) is 6.74. The summed E-state index contributed by atoms with van der Waals surface area (Å²) in [5.41, 5.74) is 6.00. The van der Waals surface area contributed by atoms with Gasteiger partial charge in [-0.1, -0.05) is 11.3 Å². The number of imidazole rings is 1. The number of hydrogen-bond donors (Lipinski definition) is 1. The Morgan fingerprint density at radius 1 is 1.21 bits per heavy atom. The van der Waals surface area contributed by atoms with E-state index in [4.69, 9.17) is 0 Å². The maximum absolute atomic E-state index is 13.1. The molecule has 144 valence electrons. The smallest absolute Gasteiger partial charge is 0.251 e. The van der Waals surface area contributed by atoms with Gasteiger partial charge < -0.3 is 5.32 Å². The van der Waals surface area contributed by atoms with E-state index in [1.165, 1.54) is 34.8 Å². The number of hydrogen-bond acceptors (Lipinski definition) is 5. The fraction of sp³-hybridized carbons (Fsp3) is 0.0952. The number of nitrogens with zero attached hydrogens (tertiary/aromatic N) is 3. The van der Waals surface area contributed by atoms with Gasteiger partial charge in [0, 0.05) is 27.9 Å². The summed E-state index contributed by atoms with van der Waals surface area (Å²) in [5, 5.41) is 2.99. The van der Waals surface area contributed by atoms with Crippen molar-refractivity contribution in [3.63, 3.8) is 0 Å². The summed E-state index contributed by atoms with van der Waals surface area (Å²) in [6.45, 7) is 2.44. The van der Waals surface area contributed by atoms with Gasteiger partial charge in [-0.2, -0.15) is 0 Å². The minimum Gasteiger partial charge on any atom is -0.347 e. The van der Waals surface area contributed by atoms with Crippen LogP contribution in [0.1, 0.15) is 20.9 Å². The fourth-order valence-corrected chi connectivity index (χ4v) is 4.94. The third kappa shape index (κ3) is 3.30. The van der Waals surface area contributed by atoms with Crippen LogP contribution < -0.4 is 5.32 Å². The van der Waals surface area contributed by atoms with Gasteiger partial charge in [-0.15, -0.1) is 11.3 Å².